The van der Waals surface area contributed by atoms with Crippen molar-refractivity contribution in [3.05, 3.63) is 72.3 Å². The molecule has 2 atom stereocenters. The zero-order valence-electron chi connectivity index (χ0n) is 13.6. The number of nitrogens with zero attached hydrogens (tertiary/aromatic N) is 1. The van der Waals surface area contributed by atoms with Gasteiger partial charge in [-0.2, -0.15) is 0 Å². The number of anilines is 1. The lowest BCUT2D eigenvalue weighted by atomic mass is 9.88. The minimum Gasteiger partial charge on any atom is -0.325 e. The third-order valence-electron chi connectivity index (χ3n) is 4.79. The van der Waals surface area contributed by atoms with Crippen LogP contribution in [0.15, 0.2) is 60.9 Å². The molecule has 2 N–H and O–H groups in total. The molecule has 0 saturated carbocycles. The molecule has 1 aliphatic rings. The monoisotopic (exact) mass is 335 g/mol. The number of nitrogens with one attached hydrogen (secondary N) is 2. The molecule has 1 amide bonds. The van der Waals surface area contributed by atoms with E-state index < -0.39 is 0 Å². The van der Waals surface area contributed by atoms with Gasteiger partial charge in [0.25, 0.3) is 0 Å². The van der Waals surface area contributed by atoms with Crippen LogP contribution in [-0.2, 0) is 4.79 Å². The van der Waals surface area contributed by atoms with Gasteiger partial charge in [-0.1, -0.05) is 24.3 Å². The van der Waals surface area contributed by atoms with Crippen molar-refractivity contribution in [2.45, 2.75) is 5.92 Å². The number of fused-ring (bicyclic) bond motifs is 1. The molecule has 1 saturated heterocycles. The number of aromatic nitrogens is 1. The van der Waals surface area contributed by atoms with Crippen molar-refractivity contribution in [1.29, 1.82) is 0 Å². The first kappa shape index (κ1) is 15.7. The highest BCUT2D eigenvalue weighted by molar-refractivity contribution is 6.02. The van der Waals surface area contributed by atoms with E-state index in [1.165, 1.54) is 12.1 Å². The Bertz CT molecular complexity index is 905. The number of rotatable bonds is 3. The third kappa shape index (κ3) is 3.10. The van der Waals surface area contributed by atoms with Gasteiger partial charge >= 0.3 is 0 Å². The van der Waals surface area contributed by atoms with E-state index in [0.717, 1.165) is 22.0 Å². The van der Waals surface area contributed by atoms with Crippen LogP contribution in [0.5, 0.6) is 0 Å². The molecule has 2 aromatic carbocycles. The van der Waals surface area contributed by atoms with Gasteiger partial charge in [-0.05, 0) is 29.8 Å². The molecule has 126 valence electrons. The summed E-state index contributed by atoms with van der Waals surface area (Å²) in [5, 5.41) is 8.29. The van der Waals surface area contributed by atoms with Crippen LogP contribution >= 0.6 is 0 Å². The van der Waals surface area contributed by atoms with E-state index in [2.05, 4.69) is 15.6 Å². The summed E-state index contributed by atoms with van der Waals surface area (Å²) in [5.41, 5.74) is 1.77. The largest absolute Gasteiger partial charge is 0.325 e. The van der Waals surface area contributed by atoms with Crippen LogP contribution in [0, 0.1) is 11.7 Å². The summed E-state index contributed by atoms with van der Waals surface area (Å²) in [6, 6.07) is 14.1. The maximum Gasteiger partial charge on any atom is 0.229 e. The number of carbonyl (C=O) groups excluding carboxylic acids is 1. The predicted octanol–water partition coefficient (Wildman–Crippen LogP) is 3.32. The fourth-order valence-electron chi connectivity index (χ4n) is 3.47. The second-order valence-electron chi connectivity index (χ2n) is 6.31. The first-order valence-electron chi connectivity index (χ1n) is 8.32. The van der Waals surface area contributed by atoms with E-state index in [4.69, 9.17) is 0 Å². The number of amides is 1. The number of hydrogen-bond donors (Lipinski definition) is 2. The number of pyridine rings is 1. The lowest BCUT2D eigenvalue weighted by molar-refractivity contribution is -0.119. The SMILES string of the molecule is O=C(Nc1cccc2cnccc12)C1CNCC1c1ccc(F)cc1. The fourth-order valence-corrected chi connectivity index (χ4v) is 3.47. The van der Waals surface area contributed by atoms with Crippen LogP contribution in [0.25, 0.3) is 10.8 Å². The van der Waals surface area contributed by atoms with Gasteiger partial charge in [-0.3, -0.25) is 9.78 Å². The average molecular weight is 335 g/mol. The van der Waals surface area contributed by atoms with E-state index in [0.29, 0.717) is 13.1 Å². The van der Waals surface area contributed by atoms with Crippen LogP contribution < -0.4 is 10.6 Å². The zero-order valence-corrected chi connectivity index (χ0v) is 13.6. The minimum atomic E-state index is -0.264. The summed E-state index contributed by atoms with van der Waals surface area (Å²) in [6.45, 7) is 1.32. The van der Waals surface area contributed by atoms with Gasteiger partial charge in [0.05, 0.1) is 5.92 Å². The summed E-state index contributed by atoms with van der Waals surface area (Å²) in [5.74, 6) is -0.441. The number of halogens is 1. The highest BCUT2D eigenvalue weighted by atomic mass is 19.1. The lowest BCUT2D eigenvalue weighted by Gasteiger charge is -2.19. The molecule has 5 heteroatoms. The molecular weight excluding hydrogens is 317 g/mol. The van der Waals surface area contributed by atoms with Gasteiger partial charge < -0.3 is 10.6 Å². The van der Waals surface area contributed by atoms with Gasteiger partial charge in [0.15, 0.2) is 0 Å². The Balaban J connectivity index is 1.58. The third-order valence-corrected chi connectivity index (χ3v) is 4.79. The molecule has 1 fully saturated rings. The summed E-state index contributed by atoms with van der Waals surface area (Å²) < 4.78 is 13.2. The van der Waals surface area contributed by atoms with E-state index in [-0.39, 0.29) is 23.6 Å². The molecule has 0 radical (unpaired) electrons. The fraction of sp³-hybridized carbons (Fsp3) is 0.200. The molecular formula is C20H18FN3O. The van der Waals surface area contributed by atoms with Gasteiger partial charge in [0, 0.05) is 47.9 Å². The van der Waals surface area contributed by atoms with Gasteiger partial charge in [-0.15, -0.1) is 0 Å². The second-order valence-corrected chi connectivity index (χ2v) is 6.31. The van der Waals surface area contributed by atoms with Crippen LogP contribution in [0.4, 0.5) is 10.1 Å². The predicted molar refractivity (Wildman–Crippen MR) is 95.9 cm³/mol. The number of hydrogen-bond acceptors (Lipinski definition) is 3. The van der Waals surface area contributed by atoms with Crippen LogP contribution in [0.3, 0.4) is 0 Å². The first-order valence-corrected chi connectivity index (χ1v) is 8.32. The Labute approximate surface area is 145 Å². The molecule has 0 bridgehead atoms. The van der Waals surface area contributed by atoms with Crippen molar-refractivity contribution >= 4 is 22.4 Å². The van der Waals surface area contributed by atoms with Crippen LogP contribution in [0.2, 0.25) is 0 Å². The van der Waals surface area contributed by atoms with Crippen LogP contribution in [0.1, 0.15) is 11.5 Å². The maximum absolute atomic E-state index is 13.2. The maximum atomic E-state index is 13.2. The second kappa shape index (κ2) is 6.61. The first-order chi connectivity index (χ1) is 12.2. The quantitative estimate of drug-likeness (QED) is 0.772. The Morgan fingerprint density at radius 1 is 1.12 bits per heavy atom. The van der Waals surface area contributed by atoms with E-state index in [9.17, 15) is 9.18 Å². The molecule has 0 aliphatic carbocycles. The molecule has 1 aromatic heterocycles. The van der Waals surface area contributed by atoms with Crippen molar-refractivity contribution in [3.8, 4) is 0 Å². The average Bonchev–Trinajstić information content (AvgIpc) is 3.12. The van der Waals surface area contributed by atoms with Crippen molar-refractivity contribution < 1.29 is 9.18 Å². The van der Waals surface area contributed by atoms with Crippen molar-refractivity contribution in [2.75, 3.05) is 18.4 Å². The Hall–Kier alpha value is -2.79. The van der Waals surface area contributed by atoms with E-state index in [1.807, 2.05) is 24.3 Å². The number of benzene rings is 2. The smallest absolute Gasteiger partial charge is 0.229 e. The summed E-state index contributed by atoms with van der Waals surface area (Å²) in [6.07, 6.45) is 3.50. The van der Waals surface area contributed by atoms with Gasteiger partial charge in [0.1, 0.15) is 5.82 Å². The Morgan fingerprint density at radius 2 is 1.96 bits per heavy atom. The molecule has 1 aliphatic heterocycles. The zero-order chi connectivity index (χ0) is 17.2. The number of carbonyl (C=O) groups is 1. The summed E-state index contributed by atoms with van der Waals surface area (Å²) >= 11 is 0. The van der Waals surface area contributed by atoms with E-state index in [1.54, 1.807) is 24.5 Å². The summed E-state index contributed by atoms with van der Waals surface area (Å²) in [4.78, 5) is 17.0. The Morgan fingerprint density at radius 3 is 2.80 bits per heavy atom. The molecule has 2 unspecified atom stereocenters. The van der Waals surface area contributed by atoms with Crippen molar-refractivity contribution in [1.82, 2.24) is 10.3 Å². The molecule has 0 spiro atoms. The van der Waals surface area contributed by atoms with Gasteiger partial charge in [0.2, 0.25) is 5.91 Å². The standard InChI is InChI=1S/C20H18FN3O/c21-15-6-4-13(5-7-15)17-11-23-12-18(17)20(25)24-19-3-1-2-14-10-22-9-8-16(14)19/h1-10,17-18,23H,11-12H2,(H,24,25). The lowest BCUT2D eigenvalue weighted by Crippen LogP contribution is -2.28. The van der Waals surface area contributed by atoms with E-state index >= 15 is 0 Å². The van der Waals surface area contributed by atoms with Gasteiger partial charge in [-0.25, -0.2) is 4.39 Å². The van der Waals surface area contributed by atoms with Crippen LogP contribution in [-0.4, -0.2) is 24.0 Å². The molecule has 4 nitrogen and oxygen atoms in total. The highest BCUT2D eigenvalue weighted by Gasteiger charge is 2.34. The van der Waals surface area contributed by atoms with Crippen molar-refractivity contribution in [2.24, 2.45) is 5.92 Å². The molecule has 2 heterocycles. The topological polar surface area (TPSA) is 54.0 Å². The van der Waals surface area contributed by atoms with Crippen molar-refractivity contribution in [3.63, 3.8) is 0 Å². The summed E-state index contributed by atoms with van der Waals surface area (Å²) in [7, 11) is 0. The minimum absolute atomic E-state index is 0.0244. The molecule has 3 aromatic rings. The normalized spacial score (nSPS) is 19.9. The molecule has 25 heavy (non-hydrogen) atoms. The molecule has 4 rings (SSSR count). The Kier molecular flexibility index (Phi) is 4.15. The highest BCUT2D eigenvalue weighted by Crippen LogP contribution is 2.30.